The molecular weight excluding hydrogens is 244 g/mol. The van der Waals surface area contributed by atoms with Crippen LogP contribution in [0.4, 0.5) is 0 Å². The molecule has 0 fully saturated rings. The summed E-state index contributed by atoms with van der Waals surface area (Å²) in [5, 5.41) is 0. The van der Waals surface area contributed by atoms with Gasteiger partial charge in [0.05, 0.1) is 7.11 Å². The first-order valence-electron chi connectivity index (χ1n) is 7.33. The fraction of sp³-hybridized carbons (Fsp3) is 0.368. The van der Waals surface area contributed by atoms with E-state index in [0.717, 1.165) is 5.75 Å². The van der Waals surface area contributed by atoms with Gasteiger partial charge in [0, 0.05) is 5.56 Å². The maximum absolute atomic E-state index is 5.63. The summed E-state index contributed by atoms with van der Waals surface area (Å²) in [6, 6.07) is 2.25. The molecule has 0 saturated heterocycles. The second-order valence-corrected chi connectivity index (χ2v) is 6.19. The van der Waals surface area contributed by atoms with E-state index in [2.05, 4.69) is 58.1 Å². The Hall–Kier alpha value is -1.76. The molecule has 0 aromatic heterocycles. The van der Waals surface area contributed by atoms with Gasteiger partial charge in [-0.25, -0.2) is 0 Å². The van der Waals surface area contributed by atoms with Gasteiger partial charge in [0.2, 0.25) is 0 Å². The van der Waals surface area contributed by atoms with E-state index in [-0.39, 0.29) is 0 Å². The van der Waals surface area contributed by atoms with Crippen LogP contribution in [0.25, 0.3) is 17.7 Å². The first kappa shape index (κ1) is 13.2. The van der Waals surface area contributed by atoms with E-state index in [9.17, 15) is 0 Å². The van der Waals surface area contributed by atoms with E-state index in [4.69, 9.17) is 4.74 Å². The van der Waals surface area contributed by atoms with Crippen LogP contribution in [0.2, 0.25) is 0 Å². The molecule has 0 bridgehead atoms. The highest BCUT2D eigenvalue weighted by Gasteiger charge is 2.26. The van der Waals surface area contributed by atoms with Crippen LogP contribution >= 0.6 is 0 Å². The summed E-state index contributed by atoms with van der Waals surface area (Å²) < 4.78 is 5.63. The number of benzene rings is 1. The van der Waals surface area contributed by atoms with Gasteiger partial charge in [0.1, 0.15) is 5.75 Å². The Morgan fingerprint density at radius 3 is 2.60 bits per heavy atom. The van der Waals surface area contributed by atoms with E-state index in [1.165, 1.54) is 33.4 Å². The molecule has 1 unspecified atom stereocenters. The zero-order chi connectivity index (χ0) is 14.4. The van der Waals surface area contributed by atoms with Crippen LogP contribution in [-0.2, 0) is 0 Å². The van der Waals surface area contributed by atoms with Gasteiger partial charge < -0.3 is 4.74 Å². The van der Waals surface area contributed by atoms with E-state index in [1.807, 2.05) is 0 Å². The topological polar surface area (TPSA) is 9.23 Å². The Labute approximate surface area is 121 Å². The van der Waals surface area contributed by atoms with Crippen LogP contribution < -0.4 is 4.74 Å². The second-order valence-electron chi connectivity index (χ2n) is 6.19. The maximum Gasteiger partial charge on any atom is 0.129 e. The highest BCUT2D eigenvalue weighted by molar-refractivity contribution is 6.00. The average molecular weight is 266 g/mol. The summed E-state index contributed by atoms with van der Waals surface area (Å²) in [7, 11) is 1.76. The average Bonchev–Trinajstić information content (AvgIpc) is 2.58. The maximum atomic E-state index is 5.63. The fourth-order valence-electron chi connectivity index (χ4n) is 3.28. The summed E-state index contributed by atoms with van der Waals surface area (Å²) in [4.78, 5) is 0. The smallest absolute Gasteiger partial charge is 0.129 e. The van der Waals surface area contributed by atoms with Crippen molar-refractivity contribution >= 4 is 17.7 Å². The number of hydrogen-bond donors (Lipinski definition) is 0. The van der Waals surface area contributed by atoms with Crippen molar-refractivity contribution in [3.05, 3.63) is 46.0 Å². The molecular formula is C19H22O. The lowest BCUT2D eigenvalue weighted by Crippen LogP contribution is -2.01. The number of rotatable bonds is 2. The predicted octanol–water partition coefficient (Wildman–Crippen LogP) is 5.10. The molecule has 104 valence electrons. The summed E-state index contributed by atoms with van der Waals surface area (Å²) in [5.74, 6) is 2.13. The van der Waals surface area contributed by atoms with Crippen LogP contribution in [0.15, 0.2) is 23.8 Å². The van der Waals surface area contributed by atoms with Gasteiger partial charge in [0.15, 0.2) is 0 Å². The molecule has 20 heavy (non-hydrogen) atoms. The van der Waals surface area contributed by atoms with E-state index in [1.54, 1.807) is 7.11 Å². The van der Waals surface area contributed by atoms with Crippen molar-refractivity contribution in [2.24, 2.45) is 11.8 Å². The third-order valence-electron chi connectivity index (χ3n) is 4.42. The van der Waals surface area contributed by atoms with E-state index in [0.29, 0.717) is 11.8 Å². The minimum Gasteiger partial charge on any atom is -0.496 e. The monoisotopic (exact) mass is 266 g/mol. The normalized spacial score (nSPS) is 19.6. The van der Waals surface area contributed by atoms with E-state index < -0.39 is 0 Å². The Bertz CT molecular complexity index is 657. The number of allylic oxidation sites excluding steroid dienone is 4. The summed E-state index contributed by atoms with van der Waals surface area (Å²) in [6.07, 6.45) is 9.31. The first-order valence-corrected chi connectivity index (χ1v) is 7.33. The van der Waals surface area contributed by atoms with Crippen molar-refractivity contribution in [3.63, 3.8) is 0 Å². The van der Waals surface area contributed by atoms with Gasteiger partial charge in [-0.2, -0.15) is 0 Å². The molecule has 1 aromatic carbocycles. The van der Waals surface area contributed by atoms with Crippen molar-refractivity contribution in [2.75, 3.05) is 7.11 Å². The van der Waals surface area contributed by atoms with Crippen molar-refractivity contribution in [2.45, 2.75) is 27.7 Å². The van der Waals surface area contributed by atoms with Crippen LogP contribution in [-0.4, -0.2) is 7.11 Å². The summed E-state index contributed by atoms with van der Waals surface area (Å²) in [5.41, 5.74) is 7.86. The molecule has 0 radical (unpaired) electrons. The van der Waals surface area contributed by atoms with Crippen LogP contribution in [0.5, 0.6) is 5.75 Å². The highest BCUT2D eigenvalue weighted by Crippen LogP contribution is 2.46. The third-order valence-corrected chi connectivity index (χ3v) is 4.42. The van der Waals surface area contributed by atoms with Gasteiger partial charge >= 0.3 is 0 Å². The quantitative estimate of drug-likeness (QED) is 0.723. The molecule has 0 amide bonds. The lowest BCUT2D eigenvalue weighted by Gasteiger charge is -2.14. The minimum atomic E-state index is 0.498. The molecule has 1 aromatic rings. The van der Waals surface area contributed by atoms with Crippen molar-refractivity contribution in [1.82, 2.24) is 0 Å². The number of methoxy groups -OCH3 is 1. The molecule has 0 spiro atoms. The zero-order valence-corrected chi connectivity index (χ0v) is 12.9. The van der Waals surface area contributed by atoms with Gasteiger partial charge in [-0.1, -0.05) is 32.1 Å². The van der Waals surface area contributed by atoms with Crippen molar-refractivity contribution in [1.29, 1.82) is 0 Å². The Balaban J connectivity index is 2.29. The van der Waals surface area contributed by atoms with Gasteiger partial charge in [-0.3, -0.25) is 0 Å². The Kier molecular flexibility index (Phi) is 3.08. The molecule has 0 aliphatic heterocycles. The largest absolute Gasteiger partial charge is 0.496 e. The van der Waals surface area contributed by atoms with Crippen molar-refractivity contribution < 1.29 is 4.74 Å². The lowest BCUT2D eigenvalue weighted by molar-refractivity contribution is 0.410. The van der Waals surface area contributed by atoms with Gasteiger partial charge in [0.25, 0.3) is 0 Å². The minimum absolute atomic E-state index is 0.498. The highest BCUT2D eigenvalue weighted by atomic mass is 16.5. The standard InChI is InChI=1S/C19H22O/c1-11(2)14-6-7-15-8-13(4)19(20-5)17-9-12(3)16(10-14)18(15)17/h6-11,14H,1-5H3. The molecule has 1 heteroatoms. The third kappa shape index (κ3) is 1.84. The van der Waals surface area contributed by atoms with Crippen LogP contribution in [0, 0.1) is 18.8 Å². The predicted molar refractivity (Wildman–Crippen MR) is 86.7 cm³/mol. The molecule has 0 heterocycles. The molecule has 2 aliphatic carbocycles. The molecule has 1 atom stereocenters. The summed E-state index contributed by atoms with van der Waals surface area (Å²) in [6.45, 7) is 8.89. The van der Waals surface area contributed by atoms with Gasteiger partial charge in [-0.15, -0.1) is 0 Å². The second kappa shape index (κ2) is 4.66. The van der Waals surface area contributed by atoms with Crippen LogP contribution in [0.3, 0.4) is 0 Å². The number of ether oxygens (including phenoxy) is 1. The summed E-state index contributed by atoms with van der Waals surface area (Å²) >= 11 is 0. The molecule has 1 nitrogen and oxygen atoms in total. The molecule has 2 aliphatic rings. The number of aryl methyl sites for hydroxylation is 1. The molecule has 0 N–H and O–H groups in total. The fourth-order valence-corrected chi connectivity index (χ4v) is 3.28. The SMILES string of the molecule is COc1c(C)cc2c3c1C=C(C)C3=CC(C(C)C)C=C2. The lowest BCUT2D eigenvalue weighted by atomic mass is 9.92. The first-order chi connectivity index (χ1) is 9.52. The number of hydrogen-bond acceptors (Lipinski definition) is 1. The van der Waals surface area contributed by atoms with Crippen LogP contribution in [0.1, 0.15) is 43.0 Å². The Morgan fingerprint density at radius 1 is 1.20 bits per heavy atom. The Morgan fingerprint density at radius 2 is 1.95 bits per heavy atom. The van der Waals surface area contributed by atoms with Crippen molar-refractivity contribution in [3.8, 4) is 5.75 Å². The van der Waals surface area contributed by atoms with E-state index >= 15 is 0 Å². The zero-order valence-electron chi connectivity index (χ0n) is 12.9. The molecule has 3 rings (SSSR count). The van der Waals surface area contributed by atoms with Gasteiger partial charge in [-0.05, 0) is 65.7 Å². The molecule has 0 saturated carbocycles.